The molecule has 0 aliphatic heterocycles. The number of carbonyl (C=O) groups excluding carboxylic acids is 2. The van der Waals surface area contributed by atoms with Crippen molar-refractivity contribution in [2.45, 2.75) is 23.4 Å². The topological polar surface area (TPSA) is 98.0 Å². The zero-order chi connectivity index (χ0) is 15.4. The zero-order valence-corrected chi connectivity index (χ0v) is 13.1. The van der Waals surface area contributed by atoms with Crippen molar-refractivity contribution in [3.8, 4) is 0 Å². The third-order valence-corrected chi connectivity index (χ3v) is 4.54. The van der Waals surface area contributed by atoms with Gasteiger partial charge in [-0.1, -0.05) is 35.2 Å². The summed E-state index contributed by atoms with van der Waals surface area (Å²) in [6.45, 7) is 3.26. The van der Waals surface area contributed by atoms with Crippen molar-refractivity contribution in [1.29, 1.82) is 0 Å². The fraction of sp³-hybridized carbons (Fsp3) is 0.231. The van der Waals surface area contributed by atoms with Crippen LogP contribution in [-0.4, -0.2) is 27.1 Å². The maximum absolute atomic E-state index is 12.1. The molecule has 1 aromatic carbocycles. The van der Waals surface area contributed by atoms with Gasteiger partial charge in [-0.25, -0.2) is 0 Å². The first-order valence-electron chi connectivity index (χ1n) is 6.13. The average molecular weight is 322 g/mol. The average Bonchev–Trinajstić information content (AvgIpc) is 2.84. The number of anilines is 2. The van der Waals surface area contributed by atoms with Crippen LogP contribution in [0.4, 0.5) is 10.8 Å². The Kier molecular flexibility index (Phi) is 4.92. The first kappa shape index (κ1) is 15.5. The molecule has 0 bridgehead atoms. The van der Waals surface area contributed by atoms with Gasteiger partial charge in [0.25, 0.3) is 0 Å². The van der Waals surface area contributed by atoms with Gasteiger partial charge >= 0.3 is 0 Å². The molecule has 3 N–H and O–H groups in total. The van der Waals surface area contributed by atoms with E-state index in [4.69, 9.17) is 5.73 Å². The summed E-state index contributed by atoms with van der Waals surface area (Å²) >= 11 is 2.53. The van der Waals surface area contributed by atoms with Crippen molar-refractivity contribution in [3.05, 3.63) is 29.8 Å². The van der Waals surface area contributed by atoms with E-state index in [1.165, 1.54) is 30.0 Å². The van der Waals surface area contributed by atoms with Crippen LogP contribution >= 0.6 is 23.1 Å². The highest BCUT2D eigenvalue weighted by atomic mass is 32.2. The molecule has 0 aliphatic carbocycles. The Morgan fingerprint density at radius 3 is 2.76 bits per heavy atom. The lowest BCUT2D eigenvalue weighted by Gasteiger charge is -2.10. The fourth-order valence-electron chi connectivity index (χ4n) is 1.53. The van der Waals surface area contributed by atoms with Crippen molar-refractivity contribution in [3.63, 3.8) is 0 Å². The number of hydrogen-bond acceptors (Lipinski definition) is 7. The molecule has 1 atom stereocenters. The minimum atomic E-state index is -0.349. The number of amides is 1. The highest BCUT2D eigenvalue weighted by Gasteiger charge is 2.17. The number of rotatable bonds is 5. The molecule has 0 saturated carbocycles. The Labute approximate surface area is 130 Å². The molecule has 2 rings (SSSR count). The second-order valence-corrected chi connectivity index (χ2v) is 6.89. The summed E-state index contributed by atoms with van der Waals surface area (Å²) in [5.41, 5.74) is 6.65. The van der Waals surface area contributed by atoms with Crippen LogP contribution in [0.25, 0.3) is 0 Å². The quantitative estimate of drug-likeness (QED) is 0.648. The number of thioether (sulfide) groups is 1. The number of ketones is 1. The van der Waals surface area contributed by atoms with Gasteiger partial charge in [-0.3, -0.25) is 9.59 Å². The first-order valence-corrected chi connectivity index (χ1v) is 7.83. The molecule has 0 aliphatic rings. The van der Waals surface area contributed by atoms with Crippen molar-refractivity contribution in [1.82, 2.24) is 10.2 Å². The standard InChI is InChI=1S/C13H14N4O2S2/c1-7(18)9-4-3-5-10(6-9)15-11(19)8(2)20-13-17-16-12(14)21-13/h3-6,8H,1-2H3,(H2,14,16)(H,15,19)/t8-/m1/s1. The predicted molar refractivity (Wildman–Crippen MR) is 84.7 cm³/mol. The summed E-state index contributed by atoms with van der Waals surface area (Å²) in [7, 11) is 0. The lowest BCUT2D eigenvalue weighted by Crippen LogP contribution is -2.22. The van der Waals surface area contributed by atoms with Crippen molar-refractivity contribution in [2.75, 3.05) is 11.1 Å². The van der Waals surface area contributed by atoms with Crippen molar-refractivity contribution < 1.29 is 9.59 Å². The molecule has 8 heteroatoms. The van der Waals surface area contributed by atoms with Gasteiger partial charge in [0.05, 0.1) is 5.25 Å². The van der Waals surface area contributed by atoms with E-state index in [0.29, 0.717) is 20.7 Å². The van der Waals surface area contributed by atoms with E-state index in [9.17, 15) is 9.59 Å². The molecule has 1 amide bonds. The first-order chi connectivity index (χ1) is 9.95. The number of carbonyl (C=O) groups is 2. The number of nitrogens with zero attached hydrogens (tertiary/aromatic N) is 2. The van der Waals surface area contributed by atoms with Gasteiger partial charge in [-0.15, -0.1) is 10.2 Å². The molecule has 21 heavy (non-hydrogen) atoms. The molecule has 6 nitrogen and oxygen atoms in total. The van der Waals surface area contributed by atoms with E-state index in [-0.39, 0.29) is 16.9 Å². The smallest absolute Gasteiger partial charge is 0.237 e. The molecule has 110 valence electrons. The number of hydrogen-bond donors (Lipinski definition) is 2. The zero-order valence-electron chi connectivity index (χ0n) is 11.5. The van der Waals surface area contributed by atoms with Gasteiger partial charge < -0.3 is 11.1 Å². The minimum Gasteiger partial charge on any atom is -0.374 e. The molecule has 0 unspecified atom stereocenters. The van der Waals surface area contributed by atoms with Crippen LogP contribution in [0, 0.1) is 0 Å². The van der Waals surface area contributed by atoms with Crippen LogP contribution < -0.4 is 11.1 Å². The number of nitrogen functional groups attached to an aromatic ring is 1. The highest BCUT2D eigenvalue weighted by Crippen LogP contribution is 2.28. The highest BCUT2D eigenvalue weighted by molar-refractivity contribution is 8.02. The van der Waals surface area contributed by atoms with Crippen LogP contribution in [0.3, 0.4) is 0 Å². The number of aromatic nitrogens is 2. The third kappa shape index (κ3) is 4.27. The third-order valence-electron chi connectivity index (χ3n) is 2.61. The minimum absolute atomic E-state index is 0.0437. The van der Waals surface area contributed by atoms with Crippen LogP contribution in [0.5, 0.6) is 0 Å². The predicted octanol–water partition coefficient (Wildman–Crippen LogP) is 2.44. The van der Waals surface area contributed by atoms with Gasteiger partial charge in [-0.05, 0) is 26.0 Å². The van der Waals surface area contributed by atoms with E-state index in [0.717, 1.165) is 0 Å². The number of nitrogens with one attached hydrogen (secondary N) is 1. The Hall–Kier alpha value is -1.93. The van der Waals surface area contributed by atoms with Crippen LogP contribution in [0.1, 0.15) is 24.2 Å². The van der Waals surface area contributed by atoms with Gasteiger partial charge in [0.1, 0.15) is 0 Å². The molecule has 0 saturated heterocycles. The van der Waals surface area contributed by atoms with Crippen LogP contribution in [-0.2, 0) is 4.79 Å². The Bertz CT molecular complexity index is 672. The monoisotopic (exact) mass is 322 g/mol. The SMILES string of the molecule is CC(=O)c1cccc(NC(=O)[C@@H](C)Sc2nnc(N)s2)c1. The Balaban J connectivity index is 2.00. The maximum Gasteiger partial charge on any atom is 0.237 e. The number of nitrogens with two attached hydrogens (primary N) is 1. The largest absolute Gasteiger partial charge is 0.374 e. The maximum atomic E-state index is 12.1. The molecule has 1 heterocycles. The van der Waals surface area contributed by atoms with E-state index in [2.05, 4.69) is 15.5 Å². The summed E-state index contributed by atoms with van der Waals surface area (Å²) in [6, 6.07) is 6.83. The second-order valence-electron chi connectivity index (χ2n) is 4.29. The summed E-state index contributed by atoms with van der Waals surface area (Å²) < 4.78 is 0.646. The van der Waals surface area contributed by atoms with Gasteiger partial charge in [0, 0.05) is 11.3 Å². The normalized spacial score (nSPS) is 11.9. The molecular formula is C13H14N4O2S2. The molecule has 0 fully saturated rings. The lowest BCUT2D eigenvalue weighted by molar-refractivity contribution is -0.115. The van der Waals surface area contributed by atoms with E-state index >= 15 is 0 Å². The Morgan fingerprint density at radius 2 is 2.14 bits per heavy atom. The van der Waals surface area contributed by atoms with E-state index in [1.807, 2.05) is 0 Å². The van der Waals surface area contributed by atoms with Crippen LogP contribution in [0.15, 0.2) is 28.6 Å². The summed E-state index contributed by atoms with van der Waals surface area (Å²) in [5, 5.41) is 10.4. The van der Waals surface area contributed by atoms with E-state index in [1.54, 1.807) is 31.2 Å². The van der Waals surface area contributed by atoms with Crippen molar-refractivity contribution >= 4 is 45.6 Å². The van der Waals surface area contributed by atoms with Crippen molar-refractivity contribution in [2.24, 2.45) is 0 Å². The Morgan fingerprint density at radius 1 is 1.38 bits per heavy atom. The molecule has 0 radical (unpaired) electrons. The lowest BCUT2D eigenvalue weighted by atomic mass is 10.1. The van der Waals surface area contributed by atoms with Gasteiger partial charge in [0.2, 0.25) is 11.0 Å². The van der Waals surface area contributed by atoms with Crippen LogP contribution in [0.2, 0.25) is 0 Å². The number of benzene rings is 1. The molecule has 0 spiro atoms. The molecular weight excluding hydrogens is 308 g/mol. The van der Waals surface area contributed by atoms with Gasteiger partial charge in [-0.2, -0.15) is 0 Å². The molecule has 1 aromatic heterocycles. The second kappa shape index (κ2) is 6.68. The fourth-order valence-corrected chi connectivity index (χ4v) is 3.31. The summed E-state index contributed by atoms with van der Waals surface area (Å²) in [6.07, 6.45) is 0. The molecule has 2 aromatic rings. The van der Waals surface area contributed by atoms with Gasteiger partial charge in [0.15, 0.2) is 10.1 Å². The summed E-state index contributed by atoms with van der Waals surface area (Å²) in [5.74, 6) is -0.215. The summed E-state index contributed by atoms with van der Waals surface area (Å²) in [4.78, 5) is 23.4. The van der Waals surface area contributed by atoms with E-state index < -0.39 is 0 Å². The number of Topliss-reactive ketones (excluding diaryl/α,β-unsaturated/α-hetero) is 1.